The molecule has 1 aliphatic carbocycles. The summed E-state index contributed by atoms with van der Waals surface area (Å²) >= 11 is 0. The molecule has 3 heteroatoms. The molecule has 1 aliphatic heterocycles. The van der Waals surface area contributed by atoms with Crippen LogP contribution < -0.4 is 5.32 Å². The van der Waals surface area contributed by atoms with E-state index in [4.69, 9.17) is 0 Å². The van der Waals surface area contributed by atoms with Gasteiger partial charge in [-0.15, -0.1) is 0 Å². The van der Waals surface area contributed by atoms with Gasteiger partial charge in [-0.25, -0.2) is 0 Å². The predicted molar refractivity (Wildman–Crippen MR) is 79.0 cm³/mol. The fourth-order valence-electron chi connectivity index (χ4n) is 3.61. The number of carbonyl (C=O) groups is 1. The lowest BCUT2D eigenvalue weighted by atomic mass is 9.84. The molecule has 0 aromatic heterocycles. The van der Waals surface area contributed by atoms with Crippen LogP contribution in [-0.2, 0) is 4.79 Å². The van der Waals surface area contributed by atoms with E-state index in [9.17, 15) is 4.79 Å². The third kappa shape index (κ3) is 4.20. The zero-order valence-electron chi connectivity index (χ0n) is 12.7. The van der Waals surface area contributed by atoms with E-state index in [-0.39, 0.29) is 0 Å². The van der Waals surface area contributed by atoms with Gasteiger partial charge in [-0.3, -0.25) is 4.79 Å². The summed E-state index contributed by atoms with van der Waals surface area (Å²) in [5.41, 5.74) is 0. The standard InChI is InChI=1S/C16H30N2O/c1-3-13-4-7-15(8-5-13)18(2)16(19)9-6-14-10-11-17-12-14/h13-15,17H,3-12H2,1-2H3. The SMILES string of the molecule is CCC1CCC(N(C)C(=O)CCC2CCNC2)CC1. The number of amides is 1. The zero-order chi connectivity index (χ0) is 13.7. The summed E-state index contributed by atoms with van der Waals surface area (Å²) < 4.78 is 0. The summed E-state index contributed by atoms with van der Waals surface area (Å²) in [6.07, 6.45) is 9.42. The molecule has 110 valence electrons. The minimum Gasteiger partial charge on any atom is -0.343 e. The summed E-state index contributed by atoms with van der Waals surface area (Å²) in [6.45, 7) is 4.53. The Kier molecular flexibility index (Phi) is 5.68. The van der Waals surface area contributed by atoms with Crippen molar-refractivity contribution in [3.63, 3.8) is 0 Å². The Morgan fingerprint density at radius 3 is 2.47 bits per heavy atom. The first-order valence-electron chi connectivity index (χ1n) is 8.17. The van der Waals surface area contributed by atoms with Gasteiger partial charge in [0.1, 0.15) is 0 Å². The monoisotopic (exact) mass is 266 g/mol. The van der Waals surface area contributed by atoms with Crippen LogP contribution in [0.1, 0.15) is 58.3 Å². The third-order valence-corrected chi connectivity index (χ3v) is 5.26. The quantitative estimate of drug-likeness (QED) is 0.830. The second-order valence-corrected chi connectivity index (χ2v) is 6.48. The molecule has 2 fully saturated rings. The molecular weight excluding hydrogens is 236 g/mol. The molecule has 2 aliphatic rings. The van der Waals surface area contributed by atoms with E-state index in [1.165, 1.54) is 38.5 Å². The molecule has 1 atom stereocenters. The van der Waals surface area contributed by atoms with Gasteiger partial charge >= 0.3 is 0 Å². The normalized spacial score (nSPS) is 31.4. The number of hydrogen-bond acceptors (Lipinski definition) is 2. The Bertz CT molecular complexity index is 278. The first-order chi connectivity index (χ1) is 9.20. The number of rotatable bonds is 5. The maximum absolute atomic E-state index is 12.3. The number of carbonyl (C=O) groups excluding carboxylic acids is 1. The molecule has 2 rings (SSSR count). The Hall–Kier alpha value is -0.570. The predicted octanol–water partition coefficient (Wildman–Crippen LogP) is 2.80. The Labute approximate surface area is 118 Å². The minimum absolute atomic E-state index is 0.367. The van der Waals surface area contributed by atoms with Gasteiger partial charge in [0.25, 0.3) is 0 Å². The first-order valence-corrected chi connectivity index (χ1v) is 8.17. The lowest BCUT2D eigenvalue weighted by Gasteiger charge is -2.34. The minimum atomic E-state index is 0.367. The lowest BCUT2D eigenvalue weighted by Crippen LogP contribution is -2.39. The Balaban J connectivity index is 1.69. The molecule has 0 radical (unpaired) electrons. The summed E-state index contributed by atoms with van der Waals surface area (Å²) in [6, 6.07) is 0.511. The van der Waals surface area contributed by atoms with Crippen molar-refractivity contribution < 1.29 is 4.79 Å². The zero-order valence-corrected chi connectivity index (χ0v) is 12.7. The molecule has 1 saturated carbocycles. The van der Waals surface area contributed by atoms with E-state index >= 15 is 0 Å². The summed E-state index contributed by atoms with van der Waals surface area (Å²) in [5.74, 6) is 2.00. The van der Waals surface area contributed by atoms with Crippen LogP contribution in [0.5, 0.6) is 0 Å². The number of hydrogen-bond donors (Lipinski definition) is 1. The van der Waals surface area contributed by atoms with Crippen molar-refractivity contribution in [3.05, 3.63) is 0 Å². The average molecular weight is 266 g/mol. The van der Waals surface area contributed by atoms with Crippen molar-refractivity contribution in [3.8, 4) is 0 Å². The van der Waals surface area contributed by atoms with Crippen molar-refractivity contribution in [2.24, 2.45) is 11.8 Å². The Morgan fingerprint density at radius 2 is 1.89 bits per heavy atom. The van der Waals surface area contributed by atoms with E-state index in [0.717, 1.165) is 37.8 Å². The highest BCUT2D eigenvalue weighted by Crippen LogP contribution is 2.29. The van der Waals surface area contributed by atoms with Gasteiger partial charge in [-0.05, 0) is 63.5 Å². The molecule has 0 spiro atoms. The molecule has 19 heavy (non-hydrogen) atoms. The molecule has 0 bridgehead atoms. The molecule has 1 unspecified atom stereocenters. The molecule has 0 aromatic rings. The van der Waals surface area contributed by atoms with Crippen LogP contribution in [0, 0.1) is 11.8 Å². The van der Waals surface area contributed by atoms with Crippen molar-refractivity contribution >= 4 is 5.91 Å². The van der Waals surface area contributed by atoms with Crippen LogP contribution in [0.2, 0.25) is 0 Å². The largest absolute Gasteiger partial charge is 0.343 e. The molecule has 3 nitrogen and oxygen atoms in total. The van der Waals surface area contributed by atoms with E-state index in [0.29, 0.717) is 11.9 Å². The van der Waals surface area contributed by atoms with Crippen LogP contribution in [0.4, 0.5) is 0 Å². The molecule has 1 amide bonds. The average Bonchev–Trinajstić information content (AvgIpc) is 2.97. The molecular formula is C16H30N2O. The smallest absolute Gasteiger partial charge is 0.222 e. The van der Waals surface area contributed by atoms with Crippen LogP contribution in [0.15, 0.2) is 0 Å². The van der Waals surface area contributed by atoms with Crippen LogP contribution in [-0.4, -0.2) is 37.0 Å². The van der Waals surface area contributed by atoms with Gasteiger partial charge in [0, 0.05) is 19.5 Å². The van der Waals surface area contributed by atoms with Crippen molar-refractivity contribution in [2.75, 3.05) is 20.1 Å². The van der Waals surface area contributed by atoms with Gasteiger partial charge in [0.05, 0.1) is 0 Å². The number of nitrogens with one attached hydrogen (secondary N) is 1. The van der Waals surface area contributed by atoms with E-state index in [1.54, 1.807) is 0 Å². The van der Waals surface area contributed by atoms with Crippen molar-refractivity contribution in [2.45, 2.75) is 64.3 Å². The Morgan fingerprint density at radius 1 is 1.16 bits per heavy atom. The van der Waals surface area contributed by atoms with Gasteiger partial charge in [-0.1, -0.05) is 13.3 Å². The number of nitrogens with zero attached hydrogens (tertiary/aromatic N) is 1. The highest BCUT2D eigenvalue weighted by molar-refractivity contribution is 5.76. The second kappa shape index (κ2) is 7.28. The first kappa shape index (κ1) is 14.8. The van der Waals surface area contributed by atoms with E-state index in [2.05, 4.69) is 12.2 Å². The highest BCUT2D eigenvalue weighted by atomic mass is 16.2. The van der Waals surface area contributed by atoms with Crippen LogP contribution in [0.3, 0.4) is 0 Å². The maximum Gasteiger partial charge on any atom is 0.222 e. The molecule has 1 heterocycles. The lowest BCUT2D eigenvalue weighted by molar-refractivity contribution is -0.133. The van der Waals surface area contributed by atoms with Gasteiger partial charge in [0.2, 0.25) is 5.91 Å². The summed E-state index contributed by atoms with van der Waals surface area (Å²) in [7, 11) is 2.02. The molecule has 0 aromatic carbocycles. The second-order valence-electron chi connectivity index (χ2n) is 6.48. The van der Waals surface area contributed by atoms with Crippen molar-refractivity contribution in [1.82, 2.24) is 10.2 Å². The fourth-order valence-corrected chi connectivity index (χ4v) is 3.61. The molecule has 1 N–H and O–H groups in total. The fraction of sp³-hybridized carbons (Fsp3) is 0.938. The molecule has 1 saturated heterocycles. The van der Waals surface area contributed by atoms with Crippen molar-refractivity contribution in [1.29, 1.82) is 0 Å². The van der Waals surface area contributed by atoms with Gasteiger partial charge < -0.3 is 10.2 Å². The van der Waals surface area contributed by atoms with Crippen LogP contribution in [0.25, 0.3) is 0 Å². The van der Waals surface area contributed by atoms with Gasteiger partial charge in [-0.2, -0.15) is 0 Å². The van der Waals surface area contributed by atoms with Gasteiger partial charge in [0.15, 0.2) is 0 Å². The third-order valence-electron chi connectivity index (χ3n) is 5.26. The summed E-state index contributed by atoms with van der Waals surface area (Å²) in [5, 5.41) is 3.38. The maximum atomic E-state index is 12.3. The van der Waals surface area contributed by atoms with E-state index in [1.807, 2.05) is 11.9 Å². The summed E-state index contributed by atoms with van der Waals surface area (Å²) in [4.78, 5) is 14.3. The van der Waals surface area contributed by atoms with Crippen LogP contribution >= 0.6 is 0 Å². The topological polar surface area (TPSA) is 32.3 Å². The highest BCUT2D eigenvalue weighted by Gasteiger charge is 2.26. The van der Waals surface area contributed by atoms with E-state index < -0.39 is 0 Å².